The Hall–Kier alpha value is -2.49. The maximum absolute atomic E-state index is 12.6. The molecule has 1 aliphatic heterocycles. The van der Waals surface area contributed by atoms with Crippen LogP contribution in [0, 0.1) is 17.0 Å². The molecule has 2 rings (SSSR count). The summed E-state index contributed by atoms with van der Waals surface area (Å²) < 4.78 is 22.9. The van der Waals surface area contributed by atoms with E-state index in [2.05, 4.69) is 5.32 Å². The highest BCUT2D eigenvalue weighted by Gasteiger charge is 2.29. The van der Waals surface area contributed by atoms with Gasteiger partial charge in [0.1, 0.15) is 0 Å². The topological polar surface area (TPSA) is 127 Å². The third-order valence-corrected chi connectivity index (χ3v) is 6.01. The molecule has 1 aromatic rings. The van der Waals surface area contributed by atoms with Gasteiger partial charge in [0.2, 0.25) is 5.91 Å². The molecule has 1 heterocycles. The third kappa shape index (κ3) is 4.78. The molecule has 1 atom stereocenters. The van der Waals surface area contributed by atoms with Gasteiger partial charge in [0.25, 0.3) is 11.6 Å². The van der Waals surface area contributed by atoms with Gasteiger partial charge in [-0.25, -0.2) is 8.42 Å². The number of nitro benzene ring substituents is 1. The Morgan fingerprint density at radius 1 is 1.38 bits per heavy atom. The number of rotatable bonds is 6. The van der Waals surface area contributed by atoms with Crippen LogP contribution in [-0.2, 0) is 14.6 Å². The normalized spacial score (nSPS) is 18.3. The largest absolute Gasteiger partial charge is 0.351 e. The van der Waals surface area contributed by atoms with E-state index >= 15 is 0 Å². The molecule has 26 heavy (non-hydrogen) atoms. The molecule has 2 amide bonds. The van der Waals surface area contributed by atoms with Gasteiger partial charge in [0.05, 0.1) is 23.0 Å². The third-order valence-electron chi connectivity index (χ3n) is 4.24. The van der Waals surface area contributed by atoms with Crippen LogP contribution in [0.2, 0.25) is 0 Å². The first-order valence-corrected chi connectivity index (χ1v) is 9.99. The van der Waals surface area contributed by atoms with Gasteiger partial charge in [-0.2, -0.15) is 0 Å². The van der Waals surface area contributed by atoms with Gasteiger partial charge in [-0.1, -0.05) is 0 Å². The van der Waals surface area contributed by atoms with E-state index in [-0.39, 0.29) is 35.8 Å². The first-order chi connectivity index (χ1) is 12.1. The molecule has 1 saturated heterocycles. The number of nitro groups is 1. The molecule has 0 aliphatic carbocycles. The Morgan fingerprint density at radius 3 is 2.58 bits per heavy atom. The number of aryl methyl sites for hydroxylation is 1. The molecule has 142 valence electrons. The predicted molar refractivity (Wildman–Crippen MR) is 94.6 cm³/mol. The summed E-state index contributed by atoms with van der Waals surface area (Å²) in [6.07, 6.45) is 0.371. The van der Waals surface area contributed by atoms with Crippen molar-refractivity contribution >= 4 is 27.3 Å². The molecule has 0 bridgehead atoms. The van der Waals surface area contributed by atoms with Gasteiger partial charge in [-0.05, 0) is 32.4 Å². The van der Waals surface area contributed by atoms with E-state index in [4.69, 9.17) is 0 Å². The van der Waals surface area contributed by atoms with Gasteiger partial charge >= 0.3 is 0 Å². The molecule has 0 aromatic heterocycles. The van der Waals surface area contributed by atoms with Gasteiger partial charge in [-0.15, -0.1) is 0 Å². The minimum Gasteiger partial charge on any atom is -0.351 e. The fraction of sp³-hybridized carbons (Fsp3) is 0.500. The monoisotopic (exact) mass is 383 g/mol. The molecular weight excluding hydrogens is 362 g/mol. The van der Waals surface area contributed by atoms with E-state index in [0.29, 0.717) is 12.0 Å². The quantitative estimate of drug-likeness (QED) is 0.568. The van der Waals surface area contributed by atoms with Crippen molar-refractivity contribution in [1.82, 2.24) is 10.2 Å². The minimum atomic E-state index is -3.10. The van der Waals surface area contributed by atoms with E-state index in [0.717, 1.165) is 0 Å². The first kappa shape index (κ1) is 19.8. The van der Waals surface area contributed by atoms with E-state index in [1.807, 2.05) is 0 Å². The summed E-state index contributed by atoms with van der Waals surface area (Å²) in [5.41, 5.74) is 0.536. The van der Waals surface area contributed by atoms with Crippen molar-refractivity contribution in [3.63, 3.8) is 0 Å². The van der Waals surface area contributed by atoms with E-state index in [1.54, 1.807) is 13.8 Å². The highest BCUT2D eigenvalue weighted by atomic mass is 32.2. The van der Waals surface area contributed by atoms with Crippen molar-refractivity contribution in [1.29, 1.82) is 0 Å². The standard InChI is InChI=1S/C16H21N3O6S/c1-3-18(9-15(20)17-13-6-7-26(24,25)10-13)16(21)12-4-5-14(19(22)23)11(2)8-12/h4-5,8,13H,3,6-7,9-10H2,1-2H3,(H,17,20)/t13-/m1/s1. The van der Waals surface area contributed by atoms with E-state index in [1.165, 1.54) is 23.1 Å². The molecule has 0 radical (unpaired) electrons. The van der Waals surface area contributed by atoms with E-state index < -0.39 is 32.6 Å². The Morgan fingerprint density at radius 2 is 2.08 bits per heavy atom. The summed E-state index contributed by atoms with van der Waals surface area (Å²) in [6, 6.07) is 3.62. The fourth-order valence-corrected chi connectivity index (χ4v) is 4.53. The highest BCUT2D eigenvalue weighted by Crippen LogP contribution is 2.19. The SMILES string of the molecule is CCN(CC(=O)N[C@@H]1CCS(=O)(=O)C1)C(=O)c1ccc([N+](=O)[O-])c(C)c1. The second-order valence-corrected chi connectivity index (χ2v) is 8.47. The van der Waals surface area contributed by atoms with Crippen molar-refractivity contribution in [3.05, 3.63) is 39.4 Å². The van der Waals surface area contributed by atoms with Crippen LogP contribution in [0.4, 0.5) is 5.69 Å². The van der Waals surface area contributed by atoms with Crippen LogP contribution in [0.15, 0.2) is 18.2 Å². The molecule has 0 saturated carbocycles. The lowest BCUT2D eigenvalue weighted by molar-refractivity contribution is -0.385. The number of sulfone groups is 1. The Balaban J connectivity index is 2.03. The molecule has 1 aliphatic rings. The number of benzene rings is 1. The predicted octanol–water partition coefficient (Wildman–Crippen LogP) is 0.669. The molecule has 1 N–H and O–H groups in total. The summed E-state index contributed by atoms with van der Waals surface area (Å²) in [6.45, 7) is 3.31. The van der Waals surface area contributed by atoms with Crippen LogP contribution in [0.5, 0.6) is 0 Å². The van der Waals surface area contributed by atoms with Crippen LogP contribution >= 0.6 is 0 Å². The molecule has 9 nitrogen and oxygen atoms in total. The smallest absolute Gasteiger partial charge is 0.272 e. The van der Waals surface area contributed by atoms with Gasteiger partial charge in [-0.3, -0.25) is 19.7 Å². The van der Waals surface area contributed by atoms with Crippen LogP contribution in [0.1, 0.15) is 29.3 Å². The van der Waals surface area contributed by atoms with E-state index in [9.17, 15) is 28.1 Å². The molecule has 10 heteroatoms. The summed E-state index contributed by atoms with van der Waals surface area (Å²) in [7, 11) is -3.10. The lowest BCUT2D eigenvalue weighted by Crippen LogP contribution is -2.44. The maximum atomic E-state index is 12.6. The van der Waals surface area contributed by atoms with Crippen molar-refractivity contribution < 1.29 is 22.9 Å². The summed E-state index contributed by atoms with van der Waals surface area (Å²) in [5, 5.41) is 13.5. The van der Waals surface area contributed by atoms with Crippen LogP contribution in [-0.4, -0.2) is 60.7 Å². The number of hydrogen-bond acceptors (Lipinski definition) is 6. The second kappa shape index (κ2) is 7.81. The number of hydrogen-bond donors (Lipinski definition) is 1. The molecular formula is C16H21N3O6S. The average molecular weight is 383 g/mol. The lowest BCUT2D eigenvalue weighted by Gasteiger charge is -2.21. The van der Waals surface area contributed by atoms with Crippen molar-refractivity contribution in [2.45, 2.75) is 26.3 Å². The van der Waals surface area contributed by atoms with Gasteiger partial charge in [0.15, 0.2) is 9.84 Å². The zero-order chi connectivity index (χ0) is 19.5. The minimum absolute atomic E-state index is 0.0520. The number of amides is 2. The average Bonchev–Trinajstić information content (AvgIpc) is 2.90. The number of nitrogens with one attached hydrogen (secondary N) is 1. The van der Waals surface area contributed by atoms with Crippen molar-refractivity contribution in [2.75, 3.05) is 24.6 Å². The number of carbonyl (C=O) groups is 2. The number of nitrogens with zero attached hydrogens (tertiary/aromatic N) is 2. The highest BCUT2D eigenvalue weighted by molar-refractivity contribution is 7.91. The van der Waals surface area contributed by atoms with Crippen molar-refractivity contribution in [2.24, 2.45) is 0 Å². The second-order valence-electron chi connectivity index (χ2n) is 6.25. The zero-order valence-electron chi connectivity index (χ0n) is 14.6. The Labute approximate surface area is 151 Å². The van der Waals surface area contributed by atoms with Crippen LogP contribution in [0.3, 0.4) is 0 Å². The van der Waals surface area contributed by atoms with Gasteiger partial charge in [0, 0.05) is 29.8 Å². The summed E-state index contributed by atoms with van der Waals surface area (Å²) in [4.78, 5) is 36.3. The lowest BCUT2D eigenvalue weighted by atomic mass is 10.1. The van der Waals surface area contributed by atoms with Crippen LogP contribution < -0.4 is 5.32 Å². The molecule has 0 spiro atoms. The molecule has 1 fully saturated rings. The fourth-order valence-electron chi connectivity index (χ4n) is 2.86. The molecule has 0 unspecified atom stereocenters. The maximum Gasteiger partial charge on any atom is 0.272 e. The number of likely N-dealkylation sites (N-methyl/N-ethyl adjacent to an activating group) is 1. The first-order valence-electron chi connectivity index (χ1n) is 8.17. The number of carbonyl (C=O) groups excluding carboxylic acids is 2. The Kier molecular flexibility index (Phi) is 5.96. The van der Waals surface area contributed by atoms with Crippen LogP contribution in [0.25, 0.3) is 0 Å². The Bertz CT molecular complexity index is 836. The molecule has 1 aromatic carbocycles. The zero-order valence-corrected chi connectivity index (χ0v) is 15.4. The summed E-state index contributed by atoms with van der Waals surface area (Å²) >= 11 is 0. The van der Waals surface area contributed by atoms with Crippen molar-refractivity contribution in [3.8, 4) is 0 Å². The van der Waals surface area contributed by atoms with Gasteiger partial charge < -0.3 is 10.2 Å². The summed E-state index contributed by atoms with van der Waals surface area (Å²) in [5.74, 6) is -0.878.